The molecule has 2 unspecified atom stereocenters. The fourth-order valence-corrected chi connectivity index (χ4v) is 8.10. The Morgan fingerprint density at radius 2 is 0.951 bits per heavy atom. The standard InChI is InChI=1S/C38H72N4O19/c1-2-3-4-5-6-7-8-9-10-11-17(47)12-22(48)42-26-31(53)34(19(14-44)55-35(26)54)61-38-25(41)30(52)33(21(16-46)58-38)60-37-24(40)29(51)32(20(15-45)57-37)59-36-23(39)28(50)27(49)18(13-43)56-36/h17-21,23-38,43-47,49-54H,2-16,39-41H2,1H3,(H,42,48)/t17?,18-,19-,20-,21-,23-,24-,25-,26-,27-,28-,29-,30-,31-,32-,33-,34-,35?,36+,37+,38+/m1/s1. The third kappa shape index (κ3) is 13.6. The number of unbranched alkanes of at least 4 members (excludes halogenated alkanes) is 8. The number of aliphatic hydroxyl groups is 11. The molecule has 358 valence electrons. The zero-order chi connectivity index (χ0) is 45.0. The van der Waals surface area contributed by atoms with Crippen molar-refractivity contribution in [2.24, 2.45) is 17.2 Å². The van der Waals surface area contributed by atoms with E-state index in [2.05, 4.69) is 12.2 Å². The summed E-state index contributed by atoms with van der Waals surface area (Å²) in [6.45, 7) is -0.928. The lowest BCUT2D eigenvalue weighted by atomic mass is 9.94. The first kappa shape index (κ1) is 52.3. The van der Waals surface area contributed by atoms with Gasteiger partial charge in [0, 0.05) is 0 Å². The van der Waals surface area contributed by atoms with Crippen molar-refractivity contribution in [1.82, 2.24) is 5.32 Å². The van der Waals surface area contributed by atoms with Gasteiger partial charge in [-0.2, -0.15) is 0 Å². The monoisotopic (exact) mass is 888 g/mol. The van der Waals surface area contributed by atoms with Gasteiger partial charge in [0.2, 0.25) is 5.91 Å². The molecule has 4 rings (SSSR count). The number of hydrogen-bond donors (Lipinski definition) is 15. The van der Waals surface area contributed by atoms with Gasteiger partial charge >= 0.3 is 0 Å². The molecule has 0 spiro atoms. The maximum absolute atomic E-state index is 12.9. The predicted octanol–water partition coefficient (Wildman–Crippen LogP) is -6.05. The maximum Gasteiger partial charge on any atom is 0.223 e. The van der Waals surface area contributed by atoms with Gasteiger partial charge in [-0.1, -0.05) is 64.7 Å². The van der Waals surface area contributed by atoms with Crippen LogP contribution in [0, 0.1) is 0 Å². The normalized spacial score (nSPS) is 42.6. The van der Waals surface area contributed by atoms with Crippen molar-refractivity contribution in [2.45, 2.75) is 206 Å². The Bertz CT molecular complexity index is 1260. The average molecular weight is 889 g/mol. The van der Waals surface area contributed by atoms with Crippen LogP contribution in [-0.4, -0.2) is 217 Å². The first-order valence-electron chi connectivity index (χ1n) is 21.5. The third-order valence-corrected chi connectivity index (χ3v) is 11.9. The minimum absolute atomic E-state index is 0.314. The molecule has 4 saturated heterocycles. The molecule has 23 nitrogen and oxygen atoms in total. The fourth-order valence-electron chi connectivity index (χ4n) is 8.10. The molecule has 0 bridgehead atoms. The van der Waals surface area contributed by atoms with Gasteiger partial charge in [0.05, 0.1) is 57.1 Å². The molecule has 21 atom stereocenters. The summed E-state index contributed by atoms with van der Waals surface area (Å²) in [5.41, 5.74) is 18.5. The van der Waals surface area contributed by atoms with E-state index < -0.39 is 161 Å². The Labute approximate surface area is 354 Å². The lowest BCUT2D eigenvalue weighted by molar-refractivity contribution is -0.359. The molecular formula is C38H72N4O19. The first-order chi connectivity index (χ1) is 29.1. The molecular weight excluding hydrogens is 816 g/mol. The summed E-state index contributed by atoms with van der Waals surface area (Å²) in [7, 11) is 0. The van der Waals surface area contributed by atoms with E-state index in [1.54, 1.807) is 0 Å². The van der Waals surface area contributed by atoms with Crippen molar-refractivity contribution >= 4 is 5.91 Å². The van der Waals surface area contributed by atoms with Gasteiger partial charge in [-0.3, -0.25) is 4.79 Å². The highest BCUT2D eigenvalue weighted by molar-refractivity contribution is 5.76. The zero-order valence-corrected chi connectivity index (χ0v) is 34.6. The lowest BCUT2D eigenvalue weighted by Gasteiger charge is -2.49. The van der Waals surface area contributed by atoms with Crippen molar-refractivity contribution in [3.05, 3.63) is 0 Å². The SMILES string of the molecule is CCCCCCCCCCCC(O)CC(=O)N[C@H]1C(O)O[C@H](CO)[C@@H](O[C@@H]2O[C@H](CO)[C@@H](O[C@@H]3O[C@H](CO)[C@@H](O[C@@H]4O[C@H](CO)[C@@H](O)[C@H](O)[C@H]4N)[C@H](O)[C@H]3N)[C@H](O)[C@H]2N)[C@@H]1O. The van der Waals surface area contributed by atoms with Crippen LogP contribution in [-0.2, 0) is 38.0 Å². The van der Waals surface area contributed by atoms with Crippen LogP contribution >= 0.6 is 0 Å². The molecule has 4 heterocycles. The highest BCUT2D eigenvalue weighted by Crippen LogP contribution is 2.33. The molecule has 18 N–H and O–H groups in total. The van der Waals surface area contributed by atoms with E-state index in [0.717, 1.165) is 25.7 Å². The topological polar surface area (TPSA) is 394 Å². The second-order valence-electron chi connectivity index (χ2n) is 16.5. The minimum atomic E-state index is -1.80. The molecule has 0 aliphatic carbocycles. The summed E-state index contributed by atoms with van der Waals surface area (Å²) in [6.07, 6.45) is -15.9. The second-order valence-corrected chi connectivity index (χ2v) is 16.5. The molecule has 61 heavy (non-hydrogen) atoms. The van der Waals surface area contributed by atoms with Crippen LogP contribution in [0.2, 0.25) is 0 Å². The molecule has 4 fully saturated rings. The number of ether oxygens (including phenoxy) is 7. The van der Waals surface area contributed by atoms with E-state index in [1.807, 2.05) is 0 Å². The number of nitrogens with two attached hydrogens (primary N) is 3. The van der Waals surface area contributed by atoms with E-state index in [0.29, 0.717) is 6.42 Å². The van der Waals surface area contributed by atoms with Gasteiger partial charge in [-0.25, -0.2) is 0 Å². The van der Waals surface area contributed by atoms with Crippen LogP contribution in [0.4, 0.5) is 0 Å². The van der Waals surface area contributed by atoms with Gasteiger partial charge in [-0.15, -0.1) is 0 Å². The smallest absolute Gasteiger partial charge is 0.223 e. The van der Waals surface area contributed by atoms with Gasteiger partial charge in [0.15, 0.2) is 25.2 Å². The maximum atomic E-state index is 12.9. The lowest BCUT2D eigenvalue weighted by Crippen LogP contribution is -2.70. The van der Waals surface area contributed by atoms with E-state index >= 15 is 0 Å². The largest absolute Gasteiger partial charge is 0.394 e. The van der Waals surface area contributed by atoms with Crippen LogP contribution in [0.3, 0.4) is 0 Å². The highest BCUT2D eigenvalue weighted by Gasteiger charge is 2.54. The summed E-state index contributed by atoms with van der Waals surface area (Å²) in [6, 6.07) is -5.82. The van der Waals surface area contributed by atoms with E-state index in [-0.39, 0.29) is 6.42 Å². The van der Waals surface area contributed by atoms with Crippen LogP contribution < -0.4 is 22.5 Å². The van der Waals surface area contributed by atoms with Crippen molar-refractivity contribution < 1.29 is 94.1 Å². The zero-order valence-electron chi connectivity index (χ0n) is 34.6. The Morgan fingerprint density at radius 3 is 1.41 bits per heavy atom. The summed E-state index contributed by atoms with van der Waals surface area (Å²) in [5, 5.41) is 118. The fraction of sp³-hybridized carbons (Fsp3) is 0.974. The number of carbonyl (C=O) groups is 1. The third-order valence-electron chi connectivity index (χ3n) is 11.9. The number of rotatable bonds is 23. The summed E-state index contributed by atoms with van der Waals surface area (Å²) >= 11 is 0. The number of nitrogens with one attached hydrogen (secondary N) is 1. The molecule has 23 heteroatoms. The number of carbonyl (C=O) groups excluding carboxylic acids is 1. The Hall–Kier alpha value is -1.37. The van der Waals surface area contributed by atoms with Crippen LogP contribution in [0.1, 0.15) is 77.6 Å². The van der Waals surface area contributed by atoms with Gasteiger partial charge < -0.3 is 112 Å². The van der Waals surface area contributed by atoms with E-state index in [4.69, 9.17) is 50.4 Å². The Morgan fingerprint density at radius 1 is 0.557 bits per heavy atom. The van der Waals surface area contributed by atoms with Crippen molar-refractivity contribution in [3.8, 4) is 0 Å². The molecule has 0 aromatic carbocycles. The van der Waals surface area contributed by atoms with E-state index in [1.165, 1.54) is 32.1 Å². The summed E-state index contributed by atoms with van der Waals surface area (Å²) in [5.74, 6) is -0.688. The predicted molar refractivity (Wildman–Crippen MR) is 208 cm³/mol. The highest BCUT2D eigenvalue weighted by atomic mass is 16.8. The summed E-state index contributed by atoms with van der Waals surface area (Å²) in [4.78, 5) is 12.9. The van der Waals surface area contributed by atoms with Crippen LogP contribution in [0.5, 0.6) is 0 Å². The van der Waals surface area contributed by atoms with Gasteiger partial charge in [-0.05, 0) is 6.42 Å². The number of hydrogen-bond acceptors (Lipinski definition) is 22. The molecule has 4 aliphatic heterocycles. The number of amides is 1. The quantitative estimate of drug-likeness (QED) is 0.0425. The molecule has 0 aromatic rings. The second kappa shape index (κ2) is 25.4. The Kier molecular flexibility index (Phi) is 21.7. The molecule has 0 aromatic heterocycles. The van der Waals surface area contributed by atoms with E-state index in [9.17, 15) is 61.0 Å². The first-order valence-corrected chi connectivity index (χ1v) is 21.5. The van der Waals surface area contributed by atoms with Gasteiger partial charge in [0.25, 0.3) is 0 Å². The average Bonchev–Trinajstić information content (AvgIpc) is 3.24. The molecule has 0 radical (unpaired) electrons. The van der Waals surface area contributed by atoms with Crippen molar-refractivity contribution in [1.29, 1.82) is 0 Å². The number of aliphatic hydroxyl groups excluding tert-OH is 11. The molecule has 1 amide bonds. The van der Waals surface area contributed by atoms with Gasteiger partial charge in [0.1, 0.15) is 79.3 Å². The molecule has 0 saturated carbocycles. The molecule has 4 aliphatic rings. The minimum Gasteiger partial charge on any atom is -0.394 e. The van der Waals surface area contributed by atoms with Crippen molar-refractivity contribution in [3.63, 3.8) is 0 Å². The van der Waals surface area contributed by atoms with Crippen molar-refractivity contribution in [2.75, 3.05) is 26.4 Å². The van der Waals surface area contributed by atoms with Crippen LogP contribution in [0.25, 0.3) is 0 Å². The Balaban J connectivity index is 1.33. The van der Waals surface area contributed by atoms with Crippen LogP contribution in [0.15, 0.2) is 0 Å². The summed E-state index contributed by atoms with van der Waals surface area (Å²) < 4.78 is 40.1.